The van der Waals surface area contributed by atoms with E-state index < -0.39 is 0 Å². The van der Waals surface area contributed by atoms with E-state index in [1.165, 1.54) is 0 Å². The van der Waals surface area contributed by atoms with Crippen molar-refractivity contribution in [2.75, 3.05) is 12.4 Å². The van der Waals surface area contributed by atoms with Crippen LogP contribution in [-0.4, -0.2) is 17.1 Å². The molecule has 0 amide bonds. The maximum atomic E-state index is 6.05. The fourth-order valence-corrected chi connectivity index (χ4v) is 1.91. The molecular weight excluding hydrogens is 285 g/mol. The molecule has 0 aliphatic rings. The van der Waals surface area contributed by atoms with E-state index in [9.17, 15) is 0 Å². The second-order valence-corrected chi connectivity index (χ2v) is 4.36. The van der Waals surface area contributed by atoms with Gasteiger partial charge in [-0.15, -0.1) is 12.4 Å². The van der Waals surface area contributed by atoms with Crippen molar-refractivity contribution in [1.82, 2.24) is 9.97 Å². The average molecular weight is 300 g/mol. The molecule has 102 valence electrons. The molecule has 1 aromatic carbocycles. The maximum absolute atomic E-state index is 6.05. The monoisotopic (exact) mass is 299 g/mol. The van der Waals surface area contributed by atoms with Crippen molar-refractivity contribution in [2.24, 2.45) is 0 Å². The highest BCUT2D eigenvalue weighted by Crippen LogP contribution is 2.28. The van der Waals surface area contributed by atoms with Crippen LogP contribution in [0.2, 0.25) is 5.02 Å². The van der Waals surface area contributed by atoms with Crippen molar-refractivity contribution in [3.63, 3.8) is 0 Å². The number of hydrogen-bond donors (Lipinski definition) is 1. The van der Waals surface area contributed by atoms with E-state index >= 15 is 0 Å². The molecule has 0 radical (unpaired) electrons. The SMILES string of the molecule is COc1ccc(Nc2nc(C)cc(C)n2)cc1Cl.Cl. The van der Waals surface area contributed by atoms with Crippen molar-refractivity contribution in [2.45, 2.75) is 13.8 Å². The molecule has 0 aliphatic heterocycles. The van der Waals surface area contributed by atoms with Crippen LogP contribution in [-0.2, 0) is 0 Å². The molecule has 2 rings (SSSR count). The third-order valence-electron chi connectivity index (χ3n) is 2.39. The Morgan fingerprint density at radius 1 is 1.11 bits per heavy atom. The average Bonchev–Trinajstić information content (AvgIpc) is 2.27. The van der Waals surface area contributed by atoms with Crippen LogP contribution in [0.1, 0.15) is 11.4 Å². The van der Waals surface area contributed by atoms with Gasteiger partial charge in [-0.25, -0.2) is 9.97 Å². The molecule has 1 heterocycles. The lowest BCUT2D eigenvalue weighted by molar-refractivity contribution is 0.415. The number of halogens is 2. The molecule has 0 bridgehead atoms. The zero-order valence-electron chi connectivity index (χ0n) is 10.9. The summed E-state index contributed by atoms with van der Waals surface area (Å²) < 4.78 is 5.10. The second-order valence-electron chi connectivity index (χ2n) is 3.95. The van der Waals surface area contributed by atoms with Crippen molar-refractivity contribution in [1.29, 1.82) is 0 Å². The number of aromatic nitrogens is 2. The summed E-state index contributed by atoms with van der Waals surface area (Å²) in [5, 5.41) is 3.66. The van der Waals surface area contributed by atoms with Crippen LogP contribution in [0.3, 0.4) is 0 Å². The fourth-order valence-electron chi connectivity index (χ4n) is 1.66. The maximum Gasteiger partial charge on any atom is 0.227 e. The van der Waals surface area contributed by atoms with Crippen molar-refractivity contribution in [3.05, 3.63) is 40.7 Å². The van der Waals surface area contributed by atoms with E-state index in [1.807, 2.05) is 26.0 Å². The number of anilines is 2. The van der Waals surface area contributed by atoms with Gasteiger partial charge >= 0.3 is 0 Å². The number of benzene rings is 1. The minimum absolute atomic E-state index is 0. The lowest BCUT2D eigenvalue weighted by atomic mass is 10.3. The molecule has 2 aromatic rings. The summed E-state index contributed by atoms with van der Waals surface area (Å²) >= 11 is 6.05. The standard InChI is InChI=1S/C13H14ClN3O.ClH/c1-8-6-9(2)16-13(15-8)17-10-4-5-12(18-3)11(14)7-10;/h4-7H,1-3H3,(H,15,16,17);1H. The van der Waals surface area contributed by atoms with Crippen LogP contribution in [0.5, 0.6) is 5.75 Å². The Bertz CT molecular complexity index is 556. The smallest absolute Gasteiger partial charge is 0.227 e. The van der Waals surface area contributed by atoms with Gasteiger partial charge in [0.1, 0.15) is 5.75 Å². The fraction of sp³-hybridized carbons (Fsp3) is 0.231. The zero-order chi connectivity index (χ0) is 13.1. The highest BCUT2D eigenvalue weighted by atomic mass is 35.5. The van der Waals surface area contributed by atoms with Crippen molar-refractivity contribution < 1.29 is 4.74 Å². The predicted octanol–water partition coefficient (Wildman–Crippen LogP) is 3.92. The summed E-state index contributed by atoms with van der Waals surface area (Å²) in [5.41, 5.74) is 2.67. The molecule has 0 fully saturated rings. The molecule has 6 heteroatoms. The lowest BCUT2D eigenvalue weighted by Crippen LogP contribution is -2.00. The first kappa shape index (κ1) is 15.5. The van der Waals surface area contributed by atoms with Crippen LogP contribution in [0.4, 0.5) is 11.6 Å². The summed E-state index contributed by atoms with van der Waals surface area (Å²) in [7, 11) is 1.58. The first-order valence-corrected chi connectivity index (χ1v) is 5.89. The Morgan fingerprint density at radius 2 is 1.74 bits per heavy atom. The van der Waals surface area contributed by atoms with Crippen LogP contribution in [0.15, 0.2) is 24.3 Å². The van der Waals surface area contributed by atoms with Crippen LogP contribution < -0.4 is 10.1 Å². The van der Waals surface area contributed by atoms with E-state index in [4.69, 9.17) is 16.3 Å². The Labute approximate surface area is 123 Å². The third-order valence-corrected chi connectivity index (χ3v) is 2.69. The number of rotatable bonds is 3. The molecule has 1 aromatic heterocycles. The van der Waals surface area contributed by atoms with Gasteiger partial charge in [-0.2, -0.15) is 0 Å². The topological polar surface area (TPSA) is 47.0 Å². The summed E-state index contributed by atoms with van der Waals surface area (Å²) in [6.07, 6.45) is 0. The van der Waals surface area contributed by atoms with Gasteiger partial charge in [0.05, 0.1) is 12.1 Å². The Kier molecular flexibility index (Phi) is 5.39. The molecule has 0 unspecified atom stereocenters. The van der Waals surface area contributed by atoms with E-state index in [2.05, 4.69) is 15.3 Å². The first-order valence-electron chi connectivity index (χ1n) is 5.51. The van der Waals surface area contributed by atoms with Gasteiger partial charge in [0.15, 0.2) is 0 Å². The molecule has 0 saturated heterocycles. The number of ether oxygens (including phenoxy) is 1. The molecule has 0 atom stereocenters. The van der Waals surface area contributed by atoms with E-state index in [-0.39, 0.29) is 12.4 Å². The number of nitrogens with one attached hydrogen (secondary N) is 1. The largest absolute Gasteiger partial charge is 0.495 e. The minimum atomic E-state index is 0. The molecule has 0 spiro atoms. The number of methoxy groups -OCH3 is 1. The summed E-state index contributed by atoms with van der Waals surface area (Å²) in [6.45, 7) is 3.86. The van der Waals surface area contributed by atoms with Gasteiger partial charge < -0.3 is 10.1 Å². The molecule has 0 aliphatic carbocycles. The lowest BCUT2D eigenvalue weighted by Gasteiger charge is -2.08. The van der Waals surface area contributed by atoms with E-state index in [0.29, 0.717) is 16.7 Å². The first-order chi connectivity index (χ1) is 8.58. The van der Waals surface area contributed by atoms with Gasteiger partial charge in [-0.05, 0) is 38.1 Å². The normalized spacial score (nSPS) is 9.68. The molecule has 19 heavy (non-hydrogen) atoms. The molecule has 4 nitrogen and oxygen atoms in total. The summed E-state index contributed by atoms with van der Waals surface area (Å²) in [4.78, 5) is 8.61. The number of nitrogens with zero attached hydrogens (tertiary/aromatic N) is 2. The molecule has 1 N–H and O–H groups in total. The van der Waals surface area contributed by atoms with Crippen LogP contribution in [0, 0.1) is 13.8 Å². The van der Waals surface area contributed by atoms with Crippen molar-refractivity contribution >= 4 is 35.6 Å². The van der Waals surface area contributed by atoms with Gasteiger partial charge in [-0.3, -0.25) is 0 Å². The summed E-state index contributed by atoms with van der Waals surface area (Å²) in [5.74, 6) is 1.21. The Balaban J connectivity index is 0.00000180. The minimum Gasteiger partial charge on any atom is -0.495 e. The number of hydrogen-bond acceptors (Lipinski definition) is 4. The van der Waals surface area contributed by atoms with E-state index in [0.717, 1.165) is 17.1 Å². The summed E-state index contributed by atoms with van der Waals surface area (Å²) in [6, 6.07) is 7.37. The highest BCUT2D eigenvalue weighted by Gasteiger charge is 2.04. The molecular formula is C13H15Cl2N3O. The van der Waals surface area contributed by atoms with Gasteiger partial charge in [0, 0.05) is 17.1 Å². The van der Waals surface area contributed by atoms with Crippen LogP contribution >= 0.6 is 24.0 Å². The quantitative estimate of drug-likeness (QED) is 0.933. The Morgan fingerprint density at radius 3 is 2.26 bits per heavy atom. The third kappa shape index (κ3) is 3.98. The molecule has 0 saturated carbocycles. The Hall–Kier alpha value is -1.52. The van der Waals surface area contributed by atoms with Crippen molar-refractivity contribution in [3.8, 4) is 5.75 Å². The number of aryl methyl sites for hydroxylation is 2. The van der Waals surface area contributed by atoms with Gasteiger partial charge in [0.25, 0.3) is 0 Å². The highest BCUT2D eigenvalue weighted by molar-refractivity contribution is 6.32. The van der Waals surface area contributed by atoms with Gasteiger partial charge in [0.2, 0.25) is 5.95 Å². The second kappa shape index (κ2) is 6.59. The van der Waals surface area contributed by atoms with Crippen LogP contribution in [0.25, 0.3) is 0 Å². The predicted molar refractivity (Wildman–Crippen MR) is 80.0 cm³/mol. The van der Waals surface area contributed by atoms with Gasteiger partial charge in [-0.1, -0.05) is 11.6 Å². The zero-order valence-corrected chi connectivity index (χ0v) is 12.5. The van der Waals surface area contributed by atoms with E-state index in [1.54, 1.807) is 19.2 Å².